The minimum absolute atomic E-state index is 0.157. The molecule has 1 amide bonds. The highest BCUT2D eigenvalue weighted by molar-refractivity contribution is 5.92. The zero-order valence-corrected chi connectivity index (χ0v) is 13.3. The quantitative estimate of drug-likeness (QED) is 0.748. The van der Waals surface area contributed by atoms with E-state index in [9.17, 15) is 9.59 Å². The van der Waals surface area contributed by atoms with Crippen LogP contribution >= 0.6 is 0 Å². The molecule has 0 bridgehead atoms. The standard InChI is InChI=1S/C20H15N3O2/c24-19-14-13-18(22-23(19)17-11-5-2-6-12-17)20(25)21-15-7-10-16-8-3-1-4-9-16/h1-6,8-9,11-14H,15H2,(H,21,25). The van der Waals surface area contributed by atoms with Crippen LogP contribution in [0.2, 0.25) is 0 Å². The van der Waals surface area contributed by atoms with Crippen LogP contribution in [0.15, 0.2) is 77.6 Å². The van der Waals surface area contributed by atoms with E-state index in [-0.39, 0.29) is 23.7 Å². The predicted octanol–water partition coefficient (Wildman–Crippen LogP) is 2.01. The van der Waals surface area contributed by atoms with Crippen molar-refractivity contribution in [1.82, 2.24) is 15.1 Å². The maximum Gasteiger partial charge on any atom is 0.272 e. The van der Waals surface area contributed by atoms with Gasteiger partial charge in [-0.15, -0.1) is 0 Å². The third-order valence-corrected chi connectivity index (χ3v) is 3.38. The molecular weight excluding hydrogens is 314 g/mol. The van der Waals surface area contributed by atoms with Crippen LogP contribution in [0, 0.1) is 11.8 Å². The highest BCUT2D eigenvalue weighted by atomic mass is 16.2. The first kappa shape index (κ1) is 16.2. The number of carbonyl (C=O) groups is 1. The van der Waals surface area contributed by atoms with E-state index >= 15 is 0 Å². The molecule has 0 spiro atoms. The summed E-state index contributed by atoms with van der Waals surface area (Å²) >= 11 is 0. The average Bonchev–Trinajstić information content (AvgIpc) is 2.67. The molecule has 25 heavy (non-hydrogen) atoms. The van der Waals surface area contributed by atoms with E-state index in [1.165, 1.54) is 16.8 Å². The lowest BCUT2D eigenvalue weighted by Crippen LogP contribution is -2.29. The number of rotatable bonds is 3. The first-order chi connectivity index (χ1) is 12.2. The van der Waals surface area contributed by atoms with Gasteiger partial charge in [-0.1, -0.05) is 48.2 Å². The van der Waals surface area contributed by atoms with Gasteiger partial charge < -0.3 is 5.32 Å². The lowest BCUT2D eigenvalue weighted by atomic mass is 10.2. The molecule has 5 heteroatoms. The summed E-state index contributed by atoms with van der Waals surface area (Å²) < 4.78 is 1.20. The van der Waals surface area contributed by atoms with E-state index in [0.717, 1.165) is 5.56 Å². The van der Waals surface area contributed by atoms with Gasteiger partial charge in [-0.25, -0.2) is 0 Å². The number of nitrogens with zero attached hydrogens (tertiary/aromatic N) is 2. The summed E-state index contributed by atoms with van der Waals surface area (Å²) in [6.07, 6.45) is 0. The minimum Gasteiger partial charge on any atom is -0.340 e. The van der Waals surface area contributed by atoms with Crippen LogP contribution in [0.3, 0.4) is 0 Å². The van der Waals surface area contributed by atoms with Crippen molar-refractivity contribution in [2.24, 2.45) is 0 Å². The van der Waals surface area contributed by atoms with Crippen molar-refractivity contribution >= 4 is 5.91 Å². The lowest BCUT2D eigenvalue weighted by Gasteiger charge is -2.06. The van der Waals surface area contributed by atoms with Crippen molar-refractivity contribution in [2.75, 3.05) is 6.54 Å². The summed E-state index contributed by atoms with van der Waals surface area (Å²) in [4.78, 5) is 24.2. The fourth-order valence-electron chi connectivity index (χ4n) is 2.17. The molecule has 0 unspecified atom stereocenters. The summed E-state index contributed by atoms with van der Waals surface area (Å²) in [6.45, 7) is 0.194. The summed E-state index contributed by atoms with van der Waals surface area (Å²) in [5.41, 5.74) is 1.34. The van der Waals surface area contributed by atoms with E-state index < -0.39 is 0 Å². The Hall–Kier alpha value is -3.65. The van der Waals surface area contributed by atoms with Gasteiger partial charge in [0.05, 0.1) is 12.2 Å². The van der Waals surface area contributed by atoms with Crippen LogP contribution in [0.5, 0.6) is 0 Å². The Bertz CT molecular complexity index is 984. The number of hydrogen-bond donors (Lipinski definition) is 1. The molecule has 0 saturated carbocycles. The van der Waals surface area contributed by atoms with E-state index in [1.807, 2.05) is 36.4 Å². The molecule has 122 valence electrons. The van der Waals surface area contributed by atoms with Gasteiger partial charge in [0.2, 0.25) is 0 Å². The predicted molar refractivity (Wildman–Crippen MR) is 95.5 cm³/mol. The summed E-state index contributed by atoms with van der Waals surface area (Å²) in [7, 11) is 0. The second kappa shape index (κ2) is 7.75. The van der Waals surface area contributed by atoms with Crippen LogP contribution in [0.1, 0.15) is 16.1 Å². The fraction of sp³-hybridized carbons (Fsp3) is 0.0500. The molecule has 1 N–H and O–H groups in total. The zero-order chi connectivity index (χ0) is 17.5. The molecule has 3 aromatic rings. The third-order valence-electron chi connectivity index (χ3n) is 3.38. The molecule has 3 rings (SSSR count). The minimum atomic E-state index is -0.382. The largest absolute Gasteiger partial charge is 0.340 e. The van der Waals surface area contributed by atoms with Gasteiger partial charge in [0.25, 0.3) is 11.5 Å². The Balaban J connectivity index is 1.71. The van der Waals surface area contributed by atoms with Gasteiger partial charge >= 0.3 is 0 Å². The molecule has 1 aromatic heterocycles. The molecule has 0 radical (unpaired) electrons. The van der Waals surface area contributed by atoms with E-state index in [2.05, 4.69) is 22.3 Å². The van der Waals surface area contributed by atoms with Crippen molar-refractivity contribution in [2.45, 2.75) is 0 Å². The Morgan fingerprint density at radius 2 is 1.64 bits per heavy atom. The van der Waals surface area contributed by atoms with Crippen LogP contribution in [0.25, 0.3) is 5.69 Å². The maximum absolute atomic E-state index is 12.2. The SMILES string of the molecule is O=C(NCC#Cc1ccccc1)c1ccc(=O)n(-c2ccccc2)n1. The van der Waals surface area contributed by atoms with Gasteiger partial charge in [0, 0.05) is 11.6 Å². The van der Waals surface area contributed by atoms with Crippen molar-refractivity contribution in [1.29, 1.82) is 0 Å². The molecule has 0 aliphatic carbocycles. The second-order valence-corrected chi connectivity index (χ2v) is 5.15. The molecule has 2 aromatic carbocycles. The van der Waals surface area contributed by atoms with Gasteiger partial charge in [0.1, 0.15) is 5.69 Å². The van der Waals surface area contributed by atoms with Crippen molar-refractivity contribution in [3.05, 3.63) is 94.4 Å². The summed E-state index contributed by atoms with van der Waals surface area (Å²) in [6, 6.07) is 21.2. The number of benzene rings is 2. The zero-order valence-electron chi connectivity index (χ0n) is 13.3. The highest BCUT2D eigenvalue weighted by Crippen LogP contribution is 2.02. The molecule has 0 atom stereocenters. The number of amides is 1. The molecule has 0 saturated heterocycles. The van der Waals surface area contributed by atoms with Gasteiger partial charge in [-0.3, -0.25) is 9.59 Å². The normalized spacial score (nSPS) is 9.76. The van der Waals surface area contributed by atoms with E-state index in [0.29, 0.717) is 5.69 Å². The molecule has 0 fully saturated rings. The molecule has 5 nitrogen and oxygen atoms in total. The summed E-state index contributed by atoms with van der Waals surface area (Å²) in [5.74, 6) is 5.46. The highest BCUT2D eigenvalue weighted by Gasteiger charge is 2.09. The van der Waals surface area contributed by atoms with Crippen LogP contribution in [0.4, 0.5) is 0 Å². The van der Waals surface area contributed by atoms with E-state index in [1.54, 1.807) is 24.3 Å². The van der Waals surface area contributed by atoms with Crippen LogP contribution in [-0.4, -0.2) is 22.2 Å². The van der Waals surface area contributed by atoms with Crippen molar-refractivity contribution in [3.63, 3.8) is 0 Å². The maximum atomic E-state index is 12.2. The molecular formula is C20H15N3O2. The smallest absolute Gasteiger partial charge is 0.272 e. The Labute approximate surface area is 144 Å². The number of carbonyl (C=O) groups excluding carboxylic acids is 1. The van der Waals surface area contributed by atoms with Crippen molar-refractivity contribution < 1.29 is 4.79 Å². The summed E-state index contributed by atoms with van der Waals surface area (Å²) in [5, 5.41) is 6.80. The van der Waals surface area contributed by atoms with Crippen molar-refractivity contribution in [3.8, 4) is 17.5 Å². The number of para-hydroxylation sites is 1. The molecule has 0 aliphatic rings. The molecule has 0 aliphatic heterocycles. The second-order valence-electron chi connectivity index (χ2n) is 5.15. The first-order valence-electron chi connectivity index (χ1n) is 7.72. The monoisotopic (exact) mass is 329 g/mol. The number of nitrogens with one attached hydrogen (secondary N) is 1. The fourth-order valence-corrected chi connectivity index (χ4v) is 2.17. The van der Waals surface area contributed by atoms with Gasteiger partial charge in [0.15, 0.2) is 0 Å². The van der Waals surface area contributed by atoms with Crippen LogP contribution < -0.4 is 10.9 Å². The topological polar surface area (TPSA) is 64.0 Å². The Kier molecular flexibility index (Phi) is 5.03. The van der Waals surface area contributed by atoms with Crippen LogP contribution in [-0.2, 0) is 0 Å². The Morgan fingerprint density at radius 3 is 2.36 bits per heavy atom. The lowest BCUT2D eigenvalue weighted by molar-refractivity contribution is 0.0952. The van der Waals surface area contributed by atoms with Gasteiger partial charge in [-0.05, 0) is 30.3 Å². The van der Waals surface area contributed by atoms with Gasteiger partial charge in [-0.2, -0.15) is 9.78 Å². The molecule has 1 heterocycles. The third kappa shape index (κ3) is 4.21. The Morgan fingerprint density at radius 1 is 0.960 bits per heavy atom. The average molecular weight is 329 g/mol. The first-order valence-corrected chi connectivity index (χ1v) is 7.72. The number of hydrogen-bond acceptors (Lipinski definition) is 3. The van der Waals surface area contributed by atoms with E-state index in [4.69, 9.17) is 0 Å². The number of aromatic nitrogens is 2.